The van der Waals surface area contributed by atoms with Gasteiger partial charge in [-0.2, -0.15) is 0 Å². The summed E-state index contributed by atoms with van der Waals surface area (Å²) in [6.07, 6.45) is 2.38. The van der Waals surface area contributed by atoms with Crippen LogP contribution in [0.15, 0.2) is 16.6 Å². The largest absolute Gasteiger partial charge is 0.378 e. The zero-order chi connectivity index (χ0) is 13.1. The van der Waals surface area contributed by atoms with Crippen molar-refractivity contribution in [2.75, 3.05) is 18.4 Å². The summed E-state index contributed by atoms with van der Waals surface area (Å²) in [5.74, 6) is -0.516. The molecule has 18 heavy (non-hydrogen) atoms. The highest BCUT2D eigenvalue weighted by molar-refractivity contribution is 9.10. The Labute approximate surface area is 112 Å². The molecule has 0 aliphatic heterocycles. The normalized spacial score (nSPS) is 14.6. The number of benzene rings is 1. The number of nitrogens with one attached hydrogen (secondary N) is 2. The van der Waals surface area contributed by atoms with Gasteiger partial charge in [0.15, 0.2) is 0 Å². The Morgan fingerprint density at radius 3 is 2.78 bits per heavy atom. The third kappa shape index (κ3) is 3.39. The molecule has 1 aromatic carbocycles. The second-order valence-electron chi connectivity index (χ2n) is 4.20. The summed E-state index contributed by atoms with van der Waals surface area (Å²) in [6.45, 7) is 1.23. The highest BCUT2D eigenvalue weighted by Crippen LogP contribution is 2.30. The molecule has 1 aliphatic rings. The summed E-state index contributed by atoms with van der Waals surface area (Å²) in [5, 5.41) is 17.0. The lowest BCUT2D eigenvalue weighted by Gasteiger charge is -2.08. The van der Waals surface area contributed by atoms with Gasteiger partial charge in [-0.1, -0.05) is 0 Å². The third-order valence-electron chi connectivity index (χ3n) is 2.69. The first-order valence-corrected chi connectivity index (χ1v) is 6.48. The number of halogens is 2. The molecule has 0 aromatic heterocycles. The van der Waals surface area contributed by atoms with Gasteiger partial charge in [0.25, 0.3) is 5.69 Å². The van der Waals surface area contributed by atoms with Crippen LogP contribution in [0.2, 0.25) is 0 Å². The van der Waals surface area contributed by atoms with Crippen molar-refractivity contribution < 1.29 is 9.31 Å². The number of nitrogens with zero attached hydrogens (tertiary/aromatic N) is 1. The molecule has 0 unspecified atom stereocenters. The lowest BCUT2D eigenvalue weighted by molar-refractivity contribution is -0.384. The SMILES string of the molecule is O=[N+]([O-])c1cc(Br)c(F)cc1NCCNC1CC1. The lowest BCUT2D eigenvalue weighted by Crippen LogP contribution is -2.24. The number of hydrogen-bond acceptors (Lipinski definition) is 4. The van der Waals surface area contributed by atoms with Crippen molar-refractivity contribution in [3.8, 4) is 0 Å². The van der Waals surface area contributed by atoms with E-state index in [1.807, 2.05) is 0 Å². The molecule has 7 heteroatoms. The van der Waals surface area contributed by atoms with Crippen LogP contribution in [0.3, 0.4) is 0 Å². The Balaban J connectivity index is 1.99. The van der Waals surface area contributed by atoms with Crippen LogP contribution in [0.25, 0.3) is 0 Å². The summed E-state index contributed by atoms with van der Waals surface area (Å²) in [5.41, 5.74) is 0.0768. The summed E-state index contributed by atoms with van der Waals surface area (Å²) in [7, 11) is 0. The predicted molar refractivity (Wildman–Crippen MR) is 70.3 cm³/mol. The number of nitro benzene ring substituents is 1. The molecule has 1 aliphatic carbocycles. The molecule has 2 N–H and O–H groups in total. The van der Waals surface area contributed by atoms with E-state index in [4.69, 9.17) is 0 Å². The Bertz CT molecular complexity index is 466. The van der Waals surface area contributed by atoms with E-state index in [1.165, 1.54) is 18.9 Å². The quantitative estimate of drug-likeness (QED) is 0.481. The summed E-state index contributed by atoms with van der Waals surface area (Å²) in [4.78, 5) is 10.3. The number of nitro groups is 1. The molecular weight excluding hydrogens is 305 g/mol. The number of hydrogen-bond donors (Lipinski definition) is 2. The highest BCUT2D eigenvalue weighted by Gasteiger charge is 2.20. The van der Waals surface area contributed by atoms with Crippen LogP contribution < -0.4 is 10.6 Å². The van der Waals surface area contributed by atoms with Crippen molar-refractivity contribution in [3.05, 3.63) is 32.5 Å². The van der Waals surface area contributed by atoms with Gasteiger partial charge < -0.3 is 10.6 Å². The van der Waals surface area contributed by atoms with Crippen molar-refractivity contribution in [1.82, 2.24) is 5.32 Å². The molecule has 5 nitrogen and oxygen atoms in total. The van der Waals surface area contributed by atoms with Gasteiger partial charge >= 0.3 is 0 Å². The van der Waals surface area contributed by atoms with E-state index in [0.29, 0.717) is 19.1 Å². The molecule has 0 bridgehead atoms. The minimum Gasteiger partial charge on any atom is -0.378 e. The fourth-order valence-corrected chi connectivity index (χ4v) is 1.92. The maximum atomic E-state index is 13.3. The Kier molecular flexibility index (Phi) is 4.13. The molecule has 0 heterocycles. The maximum Gasteiger partial charge on any atom is 0.293 e. The Morgan fingerprint density at radius 2 is 2.17 bits per heavy atom. The molecule has 0 radical (unpaired) electrons. The van der Waals surface area contributed by atoms with Crippen molar-refractivity contribution in [2.24, 2.45) is 0 Å². The minimum absolute atomic E-state index is 0.0934. The smallest absolute Gasteiger partial charge is 0.293 e. The van der Waals surface area contributed by atoms with Crippen molar-refractivity contribution in [3.63, 3.8) is 0 Å². The van der Waals surface area contributed by atoms with E-state index in [0.717, 1.165) is 6.07 Å². The number of anilines is 1. The van der Waals surface area contributed by atoms with Crippen LogP contribution in [0.5, 0.6) is 0 Å². The minimum atomic E-state index is -0.527. The molecule has 0 atom stereocenters. The van der Waals surface area contributed by atoms with E-state index >= 15 is 0 Å². The van der Waals surface area contributed by atoms with Crippen LogP contribution >= 0.6 is 15.9 Å². The van der Waals surface area contributed by atoms with Crippen molar-refractivity contribution in [1.29, 1.82) is 0 Å². The summed E-state index contributed by atoms with van der Waals surface area (Å²) in [6, 6.07) is 2.90. The highest BCUT2D eigenvalue weighted by atomic mass is 79.9. The first kappa shape index (κ1) is 13.2. The van der Waals surface area contributed by atoms with E-state index in [9.17, 15) is 14.5 Å². The molecule has 1 saturated carbocycles. The van der Waals surface area contributed by atoms with Gasteiger partial charge in [-0.3, -0.25) is 10.1 Å². The van der Waals surface area contributed by atoms with Gasteiger partial charge in [0, 0.05) is 31.3 Å². The predicted octanol–water partition coefficient (Wildman–Crippen LogP) is 2.66. The monoisotopic (exact) mass is 317 g/mol. The van der Waals surface area contributed by atoms with Gasteiger partial charge in [0.1, 0.15) is 11.5 Å². The lowest BCUT2D eigenvalue weighted by atomic mass is 10.2. The topological polar surface area (TPSA) is 67.2 Å². The average molecular weight is 318 g/mol. The Morgan fingerprint density at radius 1 is 1.44 bits per heavy atom. The van der Waals surface area contributed by atoms with Crippen LogP contribution in [0.1, 0.15) is 12.8 Å². The van der Waals surface area contributed by atoms with Crippen LogP contribution in [-0.2, 0) is 0 Å². The standard InChI is InChI=1S/C11H13BrFN3O2/c12-8-5-11(16(17)18)10(6-9(8)13)15-4-3-14-7-1-2-7/h5-7,14-15H,1-4H2. The third-order valence-corrected chi connectivity index (χ3v) is 3.29. The number of rotatable bonds is 6. The van der Waals surface area contributed by atoms with E-state index in [2.05, 4.69) is 26.6 Å². The second-order valence-corrected chi connectivity index (χ2v) is 5.05. The zero-order valence-electron chi connectivity index (χ0n) is 9.58. The van der Waals surface area contributed by atoms with Crippen LogP contribution in [-0.4, -0.2) is 24.1 Å². The maximum absolute atomic E-state index is 13.3. The van der Waals surface area contributed by atoms with Gasteiger partial charge in [-0.25, -0.2) is 4.39 Å². The molecular formula is C11H13BrFN3O2. The first-order chi connectivity index (χ1) is 8.58. The molecule has 0 spiro atoms. The van der Waals surface area contributed by atoms with Crippen LogP contribution in [0, 0.1) is 15.9 Å². The van der Waals surface area contributed by atoms with Gasteiger partial charge in [-0.05, 0) is 28.8 Å². The fraction of sp³-hybridized carbons (Fsp3) is 0.455. The first-order valence-electron chi connectivity index (χ1n) is 5.68. The van der Waals surface area contributed by atoms with Crippen molar-refractivity contribution in [2.45, 2.75) is 18.9 Å². The Hall–Kier alpha value is -1.21. The summed E-state index contributed by atoms with van der Waals surface area (Å²) < 4.78 is 13.4. The summed E-state index contributed by atoms with van der Waals surface area (Å²) >= 11 is 2.94. The molecule has 98 valence electrons. The van der Waals surface area contributed by atoms with E-state index < -0.39 is 10.7 Å². The molecule has 0 amide bonds. The zero-order valence-corrected chi connectivity index (χ0v) is 11.2. The molecule has 1 fully saturated rings. The fourth-order valence-electron chi connectivity index (χ4n) is 1.59. The van der Waals surface area contributed by atoms with Gasteiger partial charge in [-0.15, -0.1) is 0 Å². The van der Waals surface area contributed by atoms with E-state index in [-0.39, 0.29) is 15.8 Å². The molecule has 0 saturated heterocycles. The second kappa shape index (κ2) is 5.62. The van der Waals surface area contributed by atoms with Gasteiger partial charge in [0.05, 0.1) is 9.40 Å². The van der Waals surface area contributed by atoms with E-state index in [1.54, 1.807) is 0 Å². The van der Waals surface area contributed by atoms with Crippen molar-refractivity contribution >= 4 is 27.3 Å². The average Bonchev–Trinajstić information content (AvgIpc) is 3.12. The van der Waals surface area contributed by atoms with Gasteiger partial charge in [0.2, 0.25) is 0 Å². The molecule has 2 rings (SSSR count). The van der Waals surface area contributed by atoms with Crippen LogP contribution in [0.4, 0.5) is 15.8 Å². The molecule has 1 aromatic rings.